The number of amides is 2. The summed E-state index contributed by atoms with van der Waals surface area (Å²) >= 11 is 0. The third-order valence-electron chi connectivity index (χ3n) is 4.52. The number of esters is 1. The monoisotopic (exact) mass is 473 g/mol. The molecule has 0 aromatic heterocycles. The first kappa shape index (κ1) is 26.8. The van der Waals surface area contributed by atoms with Gasteiger partial charge in [-0.05, 0) is 37.8 Å². The third-order valence-corrected chi connectivity index (χ3v) is 4.52. The maximum absolute atomic E-state index is 16.5. The molecule has 8 heteroatoms. The lowest BCUT2D eigenvalue weighted by Gasteiger charge is -2.35. The summed E-state index contributed by atoms with van der Waals surface area (Å²) in [4.78, 5) is 39.1. The van der Waals surface area contributed by atoms with Crippen LogP contribution in [0.2, 0.25) is 0 Å². The van der Waals surface area contributed by atoms with Gasteiger partial charge in [0.2, 0.25) is 0 Å². The van der Waals surface area contributed by atoms with Gasteiger partial charge in [-0.2, -0.15) is 4.90 Å². The smallest absolute Gasteiger partial charge is 0.423 e. The normalized spacial score (nSPS) is 13.0. The van der Waals surface area contributed by atoms with E-state index in [-0.39, 0.29) is 18.1 Å². The first-order chi connectivity index (χ1) is 15.9. The summed E-state index contributed by atoms with van der Waals surface area (Å²) in [7, 11) is 0. The van der Waals surface area contributed by atoms with Gasteiger partial charge in [0, 0.05) is 6.42 Å². The summed E-state index contributed by atoms with van der Waals surface area (Å²) in [5.74, 6) is -4.94. The topological polar surface area (TPSA) is 82.1 Å². The maximum Gasteiger partial charge on any atom is 0.423 e. The summed E-state index contributed by atoms with van der Waals surface area (Å²) in [5, 5.41) is 0. The van der Waals surface area contributed by atoms with Crippen molar-refractivity contribution < 1.29 is 33.0 Å². The molecule has 0 aliphatic heterocycles. The number of hydrogen-bond donors (Lipinski definition) is 0. The van der Waals surface area contributed by atoms with Gasteiger partial charge < -0.3 is 14.2 Å². The zero-order valence-electron chi connectivity index (χ0n) is 20.2. The molecule has 0 heterocycles. The highest BCUT2D eigenvalue weighted by molar-refractivity contribution is 5.95. The van der Waals surface area contributed by atoms with Crippen LogP contribution in [-0.4, -0.2) is 34.4 Å². The lowest BCUT2D eigenvalue weighted by molar-refractivity contribution is -0.173. The van der Waals surface area contributed by atoms with Gasteiger partial charge in [-0.3, -0.25) is 0 Å². The zero-order chi connectivity index (χ0) is 25.4. The van der Waals surface area contributed by atoms with Crippen molar-refractivity contribution >= 4 is 18.2 Å². The quantitative estimate of drug-likeness (QED) is 0.265. The summed E-state index contributed by atoms with van der Waals surface area (Å²) < 4.78 is 32.1. The molecule has 34 heavy (non-hydrogen) atoms. The van der Waals surface area contributed by atoms with Gasteiger partial charge in [0.1, 0.15) is 18.8 Å². The van der Waals surface area contributed by atoms with E-state index < -0.39 is 41.9 Å². The van der Waals surface area contributed by atoms with Crippen LogP contribution in [0, 0.1) is 5.92 Å². The summed E-state index contributed by atoms with van der Waals surface area (Å²) in [6.07, 6.45) is -3.19. The molecule has 0 radical (unpaired) electrons. The largest absolute Gasteiger partial charge is 0.457 e. The molecule has 0 N–H and O–H groups in total. The Balaban J connectivity index is 2.35. The Hall–Kier alpha value is -3.42. The Bertz CT molecular complexity index is 958. The second-order valence-electron chi connectivity index (χ2n) is 9.27. The zero-order valence-corrected chi connectivity index (χ0v) is 20.2. The number of carbonyl (C=O) groups is 3. The lowest BCUT2D eigenvalue weighted by Crippen LogP contribution is -2.59. The molecule has 2 rings (SSSR count). The van der Waals surface area contributed by atoms with Crippen molar-refractivity contribution in [1.82, 2.24) is 4.90 Å². The molecule has 2 aromatic carbocycles. The summed E-state index contributed by atoms with van der Waals surface area (Å²) in [6.45, 7) is 7.54. The summed E-state index contributed by atoms with van der Waals surface area (Å²) in [5.41, 5.74) is 0.194. The first-order valence-corrected chi connectivity index (χ1v) is 11.1. The molecule has 0 saturated heterocycles. The number of hydrogen-bond acceptors (Lipinski definition) is 6. The number of alkyl halides is 1. The average Bonchev–Trinajstić information content (AvgIpc) is 2.75. The fourth-order valence-corrected chi connectivity index (χ4v) is 3.10. The van der Waals surface area contributed by atoms with E-state index in [0.717, 1.165) is 0 Å². The molecular weight excluding hydrogens is 441 g/mol. The molecule has 184 valence electrons. The minimum atomic E-state index is -3.14. The van der Waals surface area contributed by atoms with Crippen molar-refractivity contribution in [3.8, 4) is 0 Å². The Labute approximate surface area is 199 Å². The van der Waals surface area contributed by atoms with E-state index in [2.05, 4.69) is 0 Å². The molecule has 0 spiro atoms. The van der Waals surface area contributed by atoms with Gasteiger partial charge in [0.25, 0.3) is 5.79 Å². The fraction of sp³-hybridized carbons (Fsp3) is 0.423. The summed E-state index contributed by atoms with van der Waals surface area (Å²) in [6, 6.07) is 17.4. The molecule has 0 saturated carbocycles. The molecule has 0 aliphatic rings. The van der Waals surface area contributed by atoms with Gasteiger partial charge in [-0.25, -0.2) is 18.8 Å². The number of nitrogens with zero attached hydrogens (tertiary/aromatic N) is 1. The lowest BCUT2D eigenvalue weighted by atomic mass is 10.0. The van der Waals surface area contributed by atoms with Crippen LogP contribution in [-0.2, 0) is 32.2 Å². The van der Waals surface area contributed by atoms with Gasteiger partial charge in [0.05, 0.1) is 0 Å². The fourth-order valence-electron chi connectivity index (χ4n) is 3.10. The molecule has 2 aromatic rings. The number of imide groups is 1. The van der Waals surface area contributed by atoms with Crippen LogP contribution in [0.1, 0.15) is 52.2 Å². The molecular formula is C26H32FNO6. The Morgan fingerprint density at radius 3 is 1.74 bits per heavy atom. The maximum atomic E-state index is 16.5. The number of benzene rings is 2. The van der Waals surface area contributed by atoms with Crippen molar-refractivity contribution in [2.24, 2.45) is 5.92 Å². The second-order valence-corrected chi connectivity index (χ2v) is 9.27. The van der Waals surface area contributed by atoms with E-state index in [4.69, 9.17) is 14.2 Å². The van der Waals surface area contributed by atoms with Crippen molar-refractivity contribution in [3.63, 3.8) is 0 Å². The number of halogens is 1. The van der Waals surface area contributed by atoms with E-state index in [9.17, 15) is 14.4 Å². The molecule has 1 unspecified atom stereocenters. The predicted molar refractivity (Wildman–Crippen MR) is 124 cm³/mol. The Kier molecular flexibility index (Phi) is 9.18. The highest BCUT2D eigenvalue weighted by Gasteiger charge is 2.54. The molecule has 0 bridgehead atoms. The van der Waals surface area contributed by atoms with Crippen molar-refractivity contribution in [1.29, 1.82) is 0 Å². The van der Waals surface area contributed by atoms with Crippen LogP contribution in [0.3, 0.4) is 0 Å². The van der Waals surface area contributed by atoms with E-state index in [1.807, 2.05) is 0 Å². The minimum Gasteiger partial charge on any atom is -0.457 e. The highest BCUT2D eigenvalue weighted by Crippen LogP contribution is 2.31. The highest BCUT2D eigenvalue weighted by atomic mass is 19.1. The van der Waals surface area contributed by atoms with Crippen molar-refractivity contribution in [2.45, 2.75) is 65.6 Å². The number of carbonyl (C=O) groups excluding carboxylic acids is 3. The van der Waals surface area contributed by atoms with E-state index in [1.165, 1.54) is 0 Å². The van der Waals surface area contributed by atoms with Crippen LogP contribution in [0.5, 0.6) is 0 Å². The van der Waals surface area contributed by atoms with Crippen LogP contribution >= 0.6 is 0 Å². The Morgan fingerprint density at radius 1 is 0.824 bits per heavy atom. The predicted octanol–water partition coefficient (Wildman–Crippen LogP) is 6.02. The van der Waals surface area contributed by atoms with Gasteiger partial charge in [0.15, 0.2) is 0 Å². The standard InChI is InChI=1S/C26H32FNO6/c1-19(2)16-26(27,22(29)32-17-20-12-8-6-9-13-20)28(24(31)34-25(3,4)5)23(30)33-18-21-14-10-7-11-15-21/h6-15,19H,16-18H2,1-5H3. The second kappa shape index (κ2) is 11.6. The van der Waals surface area contributed by atoms with Crippen LogP contribution in [0.4, 0.5) is 14.0 Å². The van der Waals surface area contributed by atoms with E-state index in [1.54, 1.807) is 95.3 Å². The average molecular weight is 474 g/mol. The van der Waals surface area contributed by atoms with E-state index >= 15 is 4.39 Å². The molecule has 0 aliphatic carbocycles. The SMILES string of the molecule is CC(C)CC(F)(C(=O)OCc1ccccc1)N(C(=O)OCc1ccccc1)C(=O)OC(C)(C)C. The van der Waals surface area contributed by atoms with Crippen molar-refractivity contribution in [2.75, 3.05) is 0 Å². The first-order valence-electron chi connectivity index (χ1n) is 11.1. The van der Waals surface area contributed by atoms with Crippen LogP contribution in [0.15, 0.2) is 60.7 Å². The molecule has 1 atom stereocenters. The van der Waals surface area contributed by atoms with Crippen molar-refractivity contribution in [3.05, 3.63) is 71.8 Å². The molecule has 2 amide bonds. The molecule has 7 nitrogen and oxygen atoms in total. The molecule has 0 fully saturated rings. The van der Waals surface area contributed by atoms with Crippen LogP contribution in [0.25, 0.3) is 0 Å². The van der Waals surface area contributed by atoms with Gasteiger partial charge >= 0.3 is 18.2 Å². The van der Waals surface area contributed by atoms with Gasteiger partial charge in [-0.15, -0.1) is 0 Å². The van der Waals surface area contributed by atoms with E-state index in [0.29, 0.717) is 11.1 Å². The van der Waals surface area contributed by atoms with Crippen LogP contribution < -0.4 is 0 Å². The minimum absolute atomic E-state index is 0.0918. The third kappa shape index (κ3) is 7.86. The Morgan fingerprint density at radius 2 is 1.29 bits per heavy atom. The van der Waals surface area contributed by atoms with Gasteiger partial charge in [-0.1, -0.05) is 74.5 Å². The number of ether oxygens (including phenoxy) is 3. The number of rotatable bonds is 8.